The van der Waals surface area contributed by atoms with Crippen LogP contribution in [0.4, 0.5) is 5.82 Å². The van der Waals surface area contributed by atoms with Gasteiger partial charge in [-0.25, -0.2) is 0 Å². The van der Waals surface area contributed by atoms with Gasteiger partial charge in [0.2, 0.25) is 11.8 Å². The maximum absolute atomic E-state index is 12.2. The van der Waals surface area contributed by atoms with E-state index in [1.54, 1.807) is 0 Å². The van der Waals surface area contributed by atoms with Crippen LogP contribution in [0.3, 0.4) is 0 Å². The Balaban J connectivity index is 1.95. The number of pyridine rings is 1. The minimum Gasteiger partial charge on any atom is -0.478 e. The topological polar surface area (TPSA) is 54.5 Å². The van der Waals surface area contributed by atoms with Gasteiger partial charge in [-0.3, -0.25) is 4.79 Å². The second-order valence-electron chi connectivity index (χ2n) is 4.69. The van der Waals surface area contributed by atoms with Crippen molar-refractivity contribution in [3.05, 3.63) is 18.2 Å². The molecule has 1 aromatic heterocycles. The highest BCUT2D eigenvalue weighted by Gasteiger charge is 2.23. The molecule has 1 fully saturated rings. The number of hydrogen-bond acceptors (Lipinski definition) is 4. The molecule has 0 aromatic carbocycles. The lowest BCUT2D eigenvalue weighted by Gasteiger charge is -2.21. The van der Waals surface area contributed by atoms with Gasteiger partial charge in [-0.2, -0.15) is 4.98 Å². The number of rotatable bonds is 5. The summed E-state index contributed by atoms with van der Waals surface area (Å²) in [5.41, 5.74) is 0. The van der Waals surface area contributed by atoms with Crippen molar-refractivity contribution in [2.24, 2.45) is 0 Å². The number of carbonyl (C=O) groups excluding carboxylic acids is 1. The maximum atomic E-state index is 12.2. The summed E-state index contributed by atoms with van der Waals surface area (Å²) in [6.45, 7) is 6.12. The molecule has 1 unspecified atom stereocenters. The third kappa shape index (κ3) is 3.59. The molecule has 2 rings (SSSR count). The lowest BCUT2D eigenvalue weighted by Crippen LogP contribution is -2.39. The predicted molar refractivity (Wildman–Crippen MR) is 74.3 cm³/mol. The Hall–Kier alpha value is -1.78. The smallest absolute Gasteiger partial charge is 0.244 e. The SMILES string of the molecule is CCOc1cccc(NC(C)C(=O)N2CCCC2)n1. The number of anilines is 1. The molecule has 5 nitrogen and oxygen atoms in total. The van der Waals surface area contributed by atoms with E-state index in [0.717, 1.165) is 25.9 Å². The van der Waals surface area contributed by atoms with E-state index in [9.17, 15) is 4.79 Å². The van der Waals surface area contributed by atoms with Crippen LogP contribution >= 0.6 is 0 Å². The van der Waals surface area contributed by atoms with Crippen LogP contribution in [-0.4, -0.2) is 41.5 Å². The predicted octanol–water partition coefficient (Wildman–Crippen LogP) is 1.90. The van der Waals surface area contributed by atoms with Crippen LogP contribution in [0.25, 0.3) is 0 Å². The molecule has 0 spiro atoms. The molecule has 1 aromatic rings. The van der Waals surface area contributed by atoms with Gasteiger partial charge in [0.1, 0.15) is 11.9 Å². The molecule has 104 valence electrons. The highest BCUT2D eigenvalue weighted by molar-refractivity contribution is 5.84. The van der Waals surface area contributed by atoms with E-state index in [0.29, 0.717) is 18.3 Å². The number of amides is 1. The maximum Gasteiger partial charge on any atom is 0.244 e. The molecule has 0 aliphatic carbocycles. The molecule has 1 aliphatic rings. The number of hydrogen-bond donors (Lipinski definition) is 1. The van der Waals surface area contributed by atoms with E-state index in [1.807, 2.05) is 36.9 Å². The second-order valence-corrected chi connectivity index (χ2v) is 4.69. The monoisotopic (exact) mass is 263 g/mol. The fourth-order valence-corrected chi connectivity index (χ4v) is 2.22. The van der Waals surface area contributed by atoms with Crippen LogP contribution in [-0.2, 0) is 4.79 Å². The fourth-order valence-electron chi connectivity index (χ4n) is 2.22. The number of ether oxygens (including phenoxy) is 1. The van der Waals surface area contributed by atoms with Gasteiger partial charge in [0.05, 0.1) is 6.61 Å². The van der Waals surface area contributed by atoms with E-state index >= 15 is 0 Å². The first kappa shape index (κ1) is 13.6. The zero-order valence-corrected chi connectivity index (χ0v) is 11.6. The zero-order chi connectivity index (χ0) is 13.7. The first-order valence-electron chi connectivity index (χ1n) is 6.86. The van der Waals surface area contributed by atoms with Crippen molar-refractivity contribution in [1.82, 2.24) is 9.88 Å². The third-order valence-electron chi connectivity index (χ3n) is 3.17. The summed E-state index contributed by atoms with van der Waals surface area (Å²) in [5, 5.41) is 3.14. The molecular formula is C14H21N3O2. The normalized spacial score (nSPS) is 16.2. The standard InChI is InChI=1S/C14H21N3O2/c1-3-19-13-8-6-7-12(16-13)15-11(2)14(18)17-9-4-5-10-17/h6-8,11H,3-5,9-10H2,1-2H3,(H,15,16). The van der Waals surface area contributed by atoms with E-state index < -0.39 is 0 Å². The molecule has 1 aliphatic heterocycles. The average Bonchev–Trinajstić information content (AvgIpc) is 2.92. The summed E-state index contributed by atoms with van der Waals surface area (Å²) < 4.78 is 5.34. The van der Waals surface area contributed by atoms with Crippen molar-refractivity contribution in [1.29, 1.82) is 0 Å². The minimum atomic E-state index is -0.262. The first-order chi connectivity index (χ1) is 9.20. The molecule has 1 saturated heterocycles. The van der Waals surface area contributed by atoms with E-state index in [4.69, 9.17) is 4.74 Å². The Morgan fingerprint density at radius 3 is 2.89 bits per heavy atom. The van der Waals surface area contributed by atoms with Crippen LogP contribution < -0.4 is 10.1 Å². The van der Waals surface area contributed by atoms with Crippen molar-refractivity contribution < 1.29 is 9.53 Å². The number of aromatic nitrogens is 1. The van der Waals surface area contributed by atoms with E-state index in [2.05, 4.69) is 10.3 Å². The first-order valence-corrected chi connectivity index (χ1v) is 6.86. The second kappa shape index (κ2) is 6.41. The Morgan fingerprint density at radius 2 is 2.21 bits per heavy atom. The van der Waals surface area contributed by atoms with Crippen molar-refractivity contribution in [3.8, 4) is 5.88 Å². The molecule has 1 N–H and O–H groups in total. The summed E-state index contributed by atoms with van der Waals surface area (Å²) in [6, 6.07) is 5.26. The Bertz CT molecular complexity index is 430. The summed E-state index contributed by atoms with van der Waals surface area (Å²) in [7, 11) is 0. The number of nitrogens with one attached hydrogen (secondary N) is 1. The average molecular weight is 263 g/mol. The van der Waals surface area contributed by atoms with Gasteiger partial charge in [0, 0.05) is 19.2 Å². The third-order valence-corrected chi connectivity index (χ3v) is 3.17. The molecule has 1 atom stereocenters. The van der Waals surface area contributed by atoms with Gasteiger partial charge in [0.25, 0.3) is 0 Å². The van der Waals surface area contributed by atoms with Gasteiger partial charge in [-0.15, -0.1) is 0 Å². The van der Waals surface area contributed by atoms with Crippen LogP contribution in [0.2, 0.25) is 0 Å². The summed E-state index contributed by atoms with van der Waals surface area (Å²) in [4.78, 5) is 18.4. The quantitative estimate of drug-likeness (QED) is 0.881. The van der Waals surface area contributed by atoms with Crippen LogP contribution in [0, 0.1) is 0 Å². The molecule has 2 heterocycles. The molecular weight excluding hydrogens is 242 g/mol. The number of likely N-dealkylation sites (tertiary alicyclic amines) is 1. The molecule has 19 heavy (non-hydrogen) atoms. The largest absolute Gasteiger partial charge is 0.478 e. The van der Waals surface area contributed by atoms with Crippen molar-refractivity contribution in [2.75, 3.05) is 25.0 Å². The Labute approximate surface area is 114 Å². The van der Waals surface area contributed by atoms with Gasteiger partial charge in [0.15, 0.2) is 0 Å². The molecule has 5 heteroatoms. The molecule has 0 radical (unpaired) electrons. The highest BCUT2D eigenvalue weighted by atomic mass is 16.5. The van der Waals surface area contributed by atoms with Gasteiger partial charge in [-0.1, -0.05) is 6.07 Å². The van der Waals surface area contributed by atoms with Crippen LogP contribution in [0.15, 0.2) is 18.2 Å². The summed E-state index contributed by atoms with van der Waals surface area (Å²) in [6.07, 6.45) is 2.22. The molecule has 0 saturated carbocycles. The lowest BCUT2D eigenvalue weighted by atomic mass is 10.3. The van der Waals surface area contributed by atoms with Crippen molar-refractivity contribution in [3.63, 3.8) is 0 Å². The minimum absolute atomic E-state index is 0.140. The molecule has 0 bridgehead atoms. The summed E-state index contributed by atoms with van der Waals surface area (Å²) >= 11 is 0. The zero-order valence-electron chi connectivity index (χ0n) is 11.6. The fraction of sp³-hybridized carbons (Fsp3) is 0.571. The van der Waals surface area contributed by atoms with Crippen LogP contribution in [0.5, 0.6) is 5.88 Å². The van der Waals surface area contributed by atoms with Gasteiger partial charge < -0.3 is 15.0 Å². The van der Waals surface area contributed by atoms with Crippen molar-refractivity contribution in [2.45, 2.75) is 32.7 Å². The van der Waals surface area contributed by atoms with Crippen molar-refractivity contribution >= 4 is 11.7 Å². The number of carbonyl (C=O) groups is 1. The molecule has 1 amide bonds. The van der Waals surface area contributed by atoms with E-state index in [-0.39, 0.29) is 11.9 Å². The lowest BCUT2D eigenvalue weighted by molar-refractivity contribution is -0.130. The van der Waals surface area contributed by atoms with Crippen LogP contribution in [0.1, 0.15) is 26.7 Å². The van der Waals surface area contributed by atoms with E-state index in [1.165, 1.54) is 0 Å². The highest BCUT2D eigenvalue weighted by Crippen LogP contribution is 2.14. The number of nitrogens with zero attached hydrogens (tertiary/aromatic N) is 2. The van der Waals surface area contributed by atoms with Gasteiger partial charge >= 0.3 is 0 Å². The Kier molecular flexibility index (Phi) is 4.60. The Morgan fingerprint density at radius 1 is 1.47 bits per heavy atom. The summed E-state index contributed by atoms with van der Waals surface area (Å²) in [5.74, 6) is 1.39. The van der Waals surface area contributed by atoms with Gasteiger partial charge in [-0.05, 0) is 32.8 Å².